The van der Waals surface area contributed by atoms with Crippen molar-refractivity contribution in [2.45, 2.75) is 51.4 Å². The summed E-state index contributed by atoms with van der Waals surface area (Å²) in [5.74, 6) is -0.430. The summed E-state index contributed by atoms with van der Waals surface area (Å²) in [7, 11) is 0. The summed E-state index contributed by atoms with van der Waals surface area (Å²) in [6, 6.07) is 21.7. The van der Waals surface area contributed by atoms with E-state index in [1.54, 1.807) is 36.4 Å². The molecule has 1 unspecified atom stereocenters. The molecule has 3 aromatic rings. The lowest BCUT2D eigenvalue weighted by atomic mass is 10.0. The largest absolute Gasteiger partial charge is 0.573 e. The number of carbonyl (C=O) groups is 1. The number of alkyl halides is 3. The van der Waals surface area contributed by atoms with Crippen molar-refractivity contribution in [3.8, 4) is 16.9 Å². The number of ether oxygens (including phenoxy) is 1. The van der Waals surface area contributed by atoms with Crippen LogP contribution in [0.5, 0.6) is 5.75 Å². The molecule has 1 heterocycles. The van der Waals surface area contributed by atoms with Crippen molar-refractivity contribution in [2.24, 2.45) is 0 Å². The molecule has 4 nitrogen and oxygen atoms in total. The molecule has 4 rings (SSSR count). The molecule has 0 aromatic heterocycles. The first-order chi connectivity index (χ1) is 17.8. The van der Waals surface area contributed by atoms with Gasteiger partial charge < -0.3 is 10.1 Å². The third kappa shape index (κ3) is 7.83. The Morgan fingerprint density at radius 2 is 1.43 bits per heavy atom. The standard InChI is InChI=1S/C30H33F3N2O2/c1-22(35-20-4-2-3-5-21-35)24-8-6-23(7-9-24)18-19-34-29(36)27-12-10-25(11-13-27)26-14-16-28(17-15-26)37-30(31,32)33/h6-17,22H,2-5,18-21H2,1H3,(H,34,36). The van der Waals surface area contributed by atoms with Gasteiger partial charge in [-0.15, -0.1) is 13.2 Å². The lowest BCUT2D eigenvalue weighted by Crippen LogP contribution is -2.28. The Balaban J connectivity index is 1.25. The van der Waals surface area contributed by atoms with Crippen LogP contribution in [0.1, 0.15) is 60.1 Å². The van der Waals surface area contributed by atoms with Crippen molar-refractivity contribution in [1.82, 2.24) is 10.2 Å². The first kappa shape index (κ1) is 26.7. The van der Waals surface area contributed by atoms with Gasteiger partial charge >= 0.3 is 6.36 Å². The summed E-state index contributed by atoms with van der Waals surface area (Å²) < 4.78 is 40.9. The van der Waals surface area contributed by atoms with Gasteiger partial charge in [0.2, 0.25) is 0 Å². The van der Waals surface area contributed by atoms with Crippen molar-refractivity contribution < 1.29 is 22.7 Å². The van der Waals surface area contributed by atoms with Gasteiger partial charge in [0.25, 0.3) is 5.91 Å². The second-order valence-corrected chi connectivity index (χ2v) is 9.52. The van der Waals surface area contributed by atoms with E-state index >= 15 is 0 Å². The van der Waals surface area contributed by atoms with Crippen molar-refractivity contribution in [2.75, 3.05) is 19.6 Å². The Morgan fingerprint density at radius 3 is 2.00 bits per heavy atom. The minimum Gasteiger partial charge on any atom is -0.406 e. The summed E-state index contributed by atoms with van der Waals surface area (Å²) in [4.78, 5) is 15.1. The van der Waals surface area contributed by atoms with Crippen molar-refractivity contribution in [1.29, 1.82) is 0 Å². The van der Waals surface area contributed by atoms with Gasteiger partial charge in [-0.05, 0) is 85.8 Å². The first-order valence-corrected chi connectivity index (χ1v) is 12.9. The molecule has 1 N–H and O–H groups in total. The number of benzene rings is 3. The van der Waals surface area contributed by atoms with Gasteiger partial charge in [0.1, 0.15) is 5.75 Å². The summed E-state index contributed by atoms with van der Waals surface area (Å²) in [5.41, 5.74) is 4.57. The fraction of sp³-hybridized carbons (Fsp3) is 0.367. The van der Waals surface area contributed by atoms with Crippen LogP contribution in [0, 0.1) is 0 Å². The first-order valence-electron chi connectivity index (χ1n) is 12.9. The smallest absolute Gasteiger partial charge is 0.406 e. The van der Waals surface area contributed by atoms with E-state index in [1.165, 1.54) is 62.0 Å². The zero-order chi connectivity index (χ0) is 26.3. The molecule has 0 radical (unpaired) electrons. The van der Waals surface area contributed by atoms with Crippen molar-refractivity contribution >= 4 is 5.91 Å². The van der Waals surface area contributed by atoms with E-state index in [4.69, 9.17) is 0 Å². The Bertz CT molecular complexity index is 1140. The molecule has 1 saturated heterocycles. The third-order valence-electron chi connectivity index (χ3n) is 6.92. The van der Waals surface area contributed by atoms with Crippen LogP contribution in [0.4, 0.5) is 13.2 Å². The van der Waals surface area contributed by atoms with Crippen LogP contribution in [0.3, 0.4) is 0 Å². The van der Waals surface area contributed by atoms with Gasteiger partial charge in [0.15, 0.2) is 0 Å². The van der Waals surface area contributed by atoms with Crippen LogP contribution >= 0.6 is 0 Å². The second kappa shape index (κ2) is 12.3. The Labute approximate surface area is 216 Å². The molecule has 1 amide bonds. The number of nitrogens with zero attached hydrogens (tertiary/aromatic N) is 1. The van der Waals surface area contributed by atoms with Crippen LogP contribution in [0.2, 0.25) is 0 Å². The van der Waals surface area contributed by atoms with Gasteiger partial charge in [-0.1, -0.05) is 61.4 Å². The maximum Gasteiger partial charge on any atom is 0.573 e. The number of halogens is 3. The Hall–Kier alpha value is -3.32. The van der Waals surface area contributed by atoms with E-state index in [1.807, 2.05) is 0 Å². The maximum atomic E-state index is 12.6. The van der Waals surface area contributed by atoms with Crippen LogP contribution in [-0.4, -0.2) is 36.8 Å². The fourth-order valence-corrected chi connectivity index (χ4v) is 4.74. The molecular weight excluding hydrogens is 477 g/mol. The molecule has 3 aromatic carbocycles. The fourth-order valence-electron chi connectivity index (χ4n) is 4.74. The number of nitrogens with one attached hydrogen (secondary N) is 1. The lowest BCUT2D eigenvalue weighted by molar-refractivity contribution is -0.274. The molecule has 0 spiro atoms. The lowest BCUT2D eigenvalue weighted by Gasteiger charge is -2.28. The molecule has 1 aliphatic heterocycles. The molecular formula is C30H33F3N2O2. The molecule has 0 bridgehead atoms. The van der Waals surface area contributed by atoms with E-state index < -0.39 is 6.36 Å². The quantitative estimate of drug-likeness (QED) is 0.350. The average Bonchev–Trinajstić information content (AvgIpc) is 3.18. The van der Waals surface area contributed by atoms with Gasteiger partial charge in [-0.3, -0.25) is 9.69 Å². The molecule has 37 heavy (non-hydrogen) atoms. The third-order valence-corrected chi connectivity index (χ3v) is 6.92. The molecule has 7 heteroatoms. The molecule has 1 atom stereocenters. The Kier molecular flexibility index (Phi) is 8.87. The highest BCUT2D eigenvalue weighted by Crippen LogP contribution is 2.27. The second-order valence-electron chi connectivity index (χ2n) is 9.52. The highest BCUT2D eigenvalue weighted by atomic mass is 19.4. The molecule has 1 fully saturated rings. The molecule has 1 aliphatic rings. The topological polar surface area (TPSA) is 41.6 Å². The van der Waals surface area contributed by atoms with Crippen LogP contribution in [0.25, 0.3) is 11.1 Å². The number of rotatable bonds is 8. The van der Waals surface area contributed by atoms with Crippen LogP contribution < -0.4 is 10.1 Å². The molecule has 196 valence electrons. The van der Waals surface area contributed by atoms with Crippen molar-refractivity contribution in [3.05, 3.63) is 89.5 Å². The minimum atomic E-state index is -4.72. The average molecular weight is 511 g/mol. The zero-order valence-electron chi connectivity index (χ0n) is 21.1. The molecule has 0 saturated carbocycles. The van der Waals surface area contributed by atoms with E-state index in [0.717, 1.165) is 17.5 Å². The molecule has 0 aliphatic carbocycles. The van der Waals surface area contributed by atoms with Gasteiger partial charge in [-0.2, -0.15) is 0 Å². The van der Waals surface area contributed by atoms with E-state index in [0.29, 0.717) is 18.2 Å². The monoisotopic (exact) mass is 510 g/mol. The summed E-state index contributed by atoms with van der Waals surface area (Å²) in [6.07, 6.45) is 1.24. The maximum absolute atomic E-state index is 12.6. The summed E-state index contributed by atoms with van der Waals surface area (Å²) in [5, 5.41) is 2.96. The number of hydrogen-bond donors (Lipinski definition) is 1. The highest BCUT2D eigenvalue weighted by Gasteiger charge is 2.31. The highest BCUT2D eigenvalue weighted by molar-refractivity contribution is 5.94. The van der Waals surface area contributed by atoms with Gasteiger partial charge in [-0.25, -0.2) is 0 Å². The summed E-state index contributed by atoms with van der Waals surface area (Å²) >= 11 is 0. The normalized spacial score (nSPS) is 15.6. The number of likely N-dealkylation sites (tertiary alicyclic amines) is 1. The predicted octanol–water partition coefficient (Wildman–Crippen LogP) is 7.16. The van der Waals surface area contributed by atoms with Gasteiger partial charge in [0, 0.05) is 18.2 Å². The van der Waals surface area contributed by atoms with E-state index in [9.17, 15) is 18.0 Å². The predicted molar refractivity (Wildman–Crippen MR) is 139 cm³/mol. The Morgan fingerprint density at radius 1 is 0.865 bits per heavy atom. The number of amides is 1. The van der Waals surface area contributed by atoms with Gasteiger partial charge in [0.05, 0.1) is 0 Å². The zero-order valence-corrected chi connectivity index (χ0v) is 21.1. The number of hydrogen-bond acceptors (Lipinski definition) is 3. The number of carbonyl (C=O) groups excluding carboxylic acids is 1. The van der Waals surface area contributed by atoms with E-state index in [-0.39, 0.29) is 11.7 Å². The summed E-state index contributed by atoms with van der Waals surface area (Å²) in [6.45, 7) is 5.14. The SMILES string of the molecule is CC(c1ccc(CCNC(=O)c2ccc(-c3ccc(OC(F)(F)F)cc3)cc2)cc1)N1CCCCCC1. The van der Waals surface area contributed by atoms with Crippen LogP contribution in [0.15, 0.2) is 72.8 Å². The van der Waals surface area contributed by atoms with Crippen LogP contribution in [-0.2, 0) is 6.42 Å². The minimum absolute atomic E-state index is 0.160. The van der Waals surface area contributed by atoms with Crippen molar-refractivity contribution in [3.63, 3.8) is 0 Å². The van der Waals surface area contributed by atoms with E-state index in [2.05, 4.69) is 46.1 Å².